The van der Waals surface area contributed by atoms with Crippen LogP contribution in [0.15, 0.2) is 6.07 Å². The number of amides is 1. The zero-order chi connectivity index (χ0) is 20.2. The zero-order valence-electron chi connectivity index (χ0n) is 18.5. The first-order valence-corrected chi connectivity index (χ1v) is 9.55. The maximum Gasteiger partial charge on any atom is 0.252 e. The first-order valence-electron chi connectivity index (χ1n) is 9.55. The molecule has 29 heavy (non-hydrogen) atoms. The minimum Gasteiger partial charge on any atom is -0.383 e. The van der Waals surface area contributed by atoms with Gasteiger partial charge in [-0.3, -0.25) is 4.79 Å². The van der Waals surface area contributed by atoms with Crippen molar-refractivity contribution in [3.05, 3.63) is 23.0 Å². The molecule has 0 atom stereocenters. The molecule has 0 fully saturated rings. The van der Waals surface area contributed by atoms with Crippen LogP contribution >= 0.6 is 24.8 Å². The number of hydrogen-bond donors (Lipinski definition) is 2. The molecule has 0 radical (unpaired) electrons. The quantitative estimate of drug-likeness (QED) is 0.605. The van der Waals surface area contributed by atoms with Crippen LogP contribution in [0, 0.1) is 6.92 Å². The SMILES string of the molecule is COCCNCCNC(=O)c1cc(C(C)C)nc2c1c(C)nn2C(C)(C)C.Cl.Cl. The van der Waals surface area contributed by atoms with Crippen molar-refractivity contribution in [2.45, 2.75) is 53.0 Å². The third kappa shape index (κ3) is 6.81. The molecule has 1 amide bonds. The van der Waals surface area contributed by atoms with Crippen LogP contribution in [-0.2, 0) is 10.3 Å². The second-order valence-electron chi connectivity index (χ2n) is 8.11. The number of nitrogens with zero attached hydrogens (tertiary/aromatic N) is 3. The number of pyridine rings is 1. The first kappa shape index (κ1) is 27.6. The molecule has 166 valence electrons. The van der Waals surface area contributed by atoms with Crippen LogP contribution in [-0.4, -0.2) is 54.0 Å². The van der Waals surface area contributed by atoms with E-state index in [4.69, 9.17) is 9.72 Å². The molecule has 2 N–H and O–H groups in total. The van der Waals surface area contributed by atoms with Gasteiger partial charge in [0.15, 0.2) is 5.65 Å². The zero-order valence-corrected chi connectivity index (χ0v) is 20.1. The Labute approximate surface area is 186 Å². The molecule has 2 rings (SSSR count). The molecule has 0 aliphatic rings. The van der Waals surface area contributed by atoms with Crippen molar-refractivity contribution >= 4 is 41.8 Å². The van der Waals surface area contributed by atoms with Crippen molar-refractivity contribution in [1.29, 1.82) is 0 Å². The lowest BCUT2D eigenvalue weighted by molar-refractivity contribution is 0.0955. The van der Waals surface area contributed by atoms with Gasteiger partial charge >= 0.3 is 0 Å². The predicted molar refractivity (Wildman–Crippen MR) is 123 cm³/mol. The molecule has 9 heteroatoms. The van der Waals surface area contributed by atoms with E-state index >= 15 is 0 Å². The molecule has 0 bridgehead atoms. The molecule has 0 saturated carbocycles. The normalized spacial score (nSPS) is 11.3. The largest absolute Gasteiger partial charge is 0.383 e. The van der Waals surface area contributed by atoms with E-state index in [0.717, 1.165) is 29.0 Å². The third-order valence-electron chi connectivity index (χ3n) is 4.37. The Morgan fingerprint density at radius 2 is 1.86 bits per heavy atom. The van der Waals surface area contributed by atoms with E-state index in [-0.39, 0.29) is 42.2 Å². The van der Waals surface area contributed by atoms with Crippen molar-refractivity contribution < 1.29 is 9.53 Å². The number of halogens is 2. The van der Waals surface area contributed by atoms with E-state index in [1.807, 2.05) is 17.7 Å². The summed E-state index contributed by atoms with van der Waals surface area (Å²) >= 11 is 0. The van der Waals surface area contributed by atoms with Crippen molar-refractivity contribution in [2.24, 2.45) is 0 Å². The Bertz CT molecular complexity index is 800. The molecule has 2 aromatic rings. The third-order valence-corrected chi connectivity index (χ3v) is 4.37. The summed E-state index contributed by atoms with van der Waals surface area (Å²) in [7, 11) is 1.67. The van der Waals surface area contributed by atoms with Gasteiger partial charge in [-0.2, -0.15) is 5.10 Å². The second kappa shape index (κ2) is 11.7. The maximum absolute atomic E-state index is 12.9. The molecular weight excluding hydrogens is 413 g/mol. The van der Waals surface area contributed by atoms with Crippen molar-refractivity contribution in [2.75, 3.05) is 33.4 Å². The fourth-order valence-electron chi connectivity index (χ4n) is 2.91. The molecule has 7 nitrogen and oxygen atoms in total. The number of methoxy groups -OCH3 is 1. The van der Waals surface area contributed by atoms with E-state index in [1.165, 1.54) is 0 Å². The summed E-state index contributed by atoms with van der Waals surface area (Å²) in [5, 5.41) is 11.7. The van der Waals surface area contributed by atoms with E-state index in [2.05, 4.69) is 50.4 Å². The number of fused-ring (bicyclic) bond motifs is 1. The van der Waals surface area contributed by atoms with Gasteiger partial charge in [0, 0.05) is 32.4 Å². The van der Waals surface area contributed by atoms with Crippen molar-refractivity contribution in [3.8, 4) is 0 Å². The van der Waals surface area contributed by atoms with Gasteiger partial charge in [0.1, 0.15) is 0 Å². The maximum atomic E-state index is 12.9. The van der Waals surface area contributed by atoms with Gasteiger partial charge in [-0.05, 0) is 39.7 Å². The van der Waals surface area contributed by atoms with Crippen LogP contribution in [0.25, 0.3) is 11.0 Å². The number of rotatable bonds is 8. The van der Waals surface area contributed by atoms with E-state index in [9.17, 15) is 4.79 Å². The average molecular weight is 448 g/mol. The fraction of sp³-hybridized carbons (Fsp3) is 0.650. The summed E-state index contributed by atoms with van der Waals surface area (Å²) in [5.41, 5.74) is 2.93. The number of carbonyl (C=O) groups excluding carboxylic acids is 1. The molecule has 2 heterocycles. The topological polar surface area (TPSA) is 81.1 Å². The van der Waals surface area contributed by atoms with Crippen molar-refractivity contribution in [3.63, 3.8) is 0 Å². The molecule has 0 saturated heterocycles. The van der Waals surface area contributed by atoms with Gasteiger partial charge < -0.3 is 15.4 Å². The van der Waals surface area contributed by atoms with Gasteiger partial charge in [-0.1, -0.05) is 13.8 Å². The molecule has 0 aliphatic heterocycles. The highest BCUT2D eigenvalue weighted by molar-refractivity contribution is 6.06. The minimum absolute atomic E-state index is 0. The van der Waals surface area contributed by atoms with Crippen molar-refractivity contribution in [1.82, 2.24) is 25.4 Å². The van der Waals surface area contributed by atoms with E-state index in [1.54, 1.807) is 7.11 Å². The van der Waals surface area contributed by atoms with Crippen LogP contribution < -0.4 is 10.6 Å². The fourth-order valence-corrected chi connectivity index (χ4v) is 2.91. The number of hydrogen-bond acceptors (Lipinski definition) is 5. The lowest BCUT2D eigenvalue weighted by Gasteiger charge is -2.20. The van der Waals surface area contributed by atoms with Crippen LogP contribution in [0.5, 0.6) is 0 Å². The molecule has 2 aromatic heterocycles. The summed E-state index contributed by atoms with van der Waals surface area (Å²) in [6.45, 7) is 15.0. The average Bonchev–Trinajstić information content (AvgIpc) is 2.94. The summed E-state index contributed by atoms with van der Waals surface area (Å²) < 4.78 is 6.92. The summed E-state index contributed by atoms with van der Waals surface area (Å²) in [5.74, 6) is 0.134. The summed E-state index contributed by atoms with van der Waals surface area (Å²) in [6.07, 6.45) is 0. The van der Waals surface area contributed by atoms with E-state index < -0.39 is 0 Å². The van der Waals surface area contributed by atoms with Gasteiger partial charge in [0.25, 0.3) is 5.91 Å². The van der Waals surface area contributed by atoms with Crippen LogP contribution in [0.3, 0.4) is 0 Å². The van der Waals surface area contributed by atoms with Gasteiger partial charge in [-0.15, -0.1) is 24.8 Å². The molecule has 0 unspecified atom stereocenters. The second-order valence-corrected chi connectivity index (χ2v) is 8.11. The standard InChI is InChI=1S/C20H33N5O2.2ClH/c1-13(2)16-12-15(19(26)22-9-8-21-10-11-27-7)17-14(3)24-25(18(17)23-16)20(4,5)6;;/h12-13,21H,8-11H2,1-7H3,(H,22,26);2*1H. The predicted octanol–water partition coefficient (Wildman–Crippen LogP) is 3.43. The Kier molecular flexibility index (Phi) is 11.1. The first-order chi connectivity index (χ1) is 12.7. The van der Waals surface area contributed by atoms with Gasteiger partial charge in [-0.25, -0.2) is 9.67 Å². The monoisotopic (exact) mass is 447 g/mol. The summed E-state index contributed by atoms with van der Waals surface area (Å²) in [6, 6.07) is 1.91. The molecular formula is C20H35Cl2N5O2. The van der Waals surface area contributed by atoms with Gasteiger partial charge in [0.2, 0.25) is 0 Å². The Morgan fingerprint density at radius 3 is 2.41 bits per heavy atom. The highest BCUT2D eigenvalue weighted by atomic mass is 35.5. The lowest BCUT2D eigenvalue weighted by atomic mass is 10.0. The van der Waals surface area contributed by atoms with Crippen LogP contribution in [0.2, 0.25) is 0 Å². The van der Waals surface area contributed by atoms with Crippen LogP contribution in [0.4, 0.5) is 0 Å². The number of aromatic nitrogens is 3. The number of carbonyl (C=O) groups is 1. The number of nitrogens with one attached hydrogen (secondary N) is 2. The number of aryl methyl sites for hydroxylation is 1. The Morgan fingerprint density at radius 1 is 1.21 bits per heavy atom. The number of ether oxygens (including phenoxy) is 1. The van der Waals surface area contributed by atoms with Gasteiger partial charge in [0.05, 0.1) is 28.8 Å². The van der Waals surface area contributed by atoms with Crippen LogP contribution in [0.1, 0.15) is 62.3 Å². The lowest BCUT2D eigenvalue weighted by Crippen LogP contribution is -2.33. The Hall–Kier alpha value is -1.41. The summed E-state index contributed by atoms with van der Waals surface area (Å²) in [4.78, 5) is 17.7. The van der Waals surface area contributed by atoms with E-state index in [0.29, 0.717) is 25.3 Å². The molecule has 0 spiro atoms. The molecule has 0 aromatic carbocycles. The highest BCUT2D eigenvalue weighted by Gasteiger charge is 2.25. The minimum atomic E-state index is -0.214. The highest BCUT2D eigenvalue weighted by Crippen LogP contribution is 2.28. The Balaban J connectivity index is 0.00000392. The molecule has 0 aliphatic carbocycles. The smallest absolute Gasteiger partial charge is 0.252 e.